The number of benzene rings is 2. The molecule has 0 fully saturated rings. The van der Waals surface area contributed by atoms with Crippen molar-refractivity contribution in [1.29, 1.82) is 0 Å². The maximum atomic E-state index is 14.1. The number of aryl methyl sites for hydroxylation is 1. The molecule has 0 bridgehead atoms. The Labute approximate surface area is 222 Å². The van der Waals surface area contributed by atoms with Crippen LogP contribution in [0, 0.1) is 17.0 Å². The van der Waals surface area contributed by atoms with E-state index in [1.165, 1.54) is 34.4 Å². The molecule has 1 unspecified atom stereocenters. The van der Waals surface area contributed by atoms with Gasteiger partial charge in [-0.25, -0.2) is 4.98 Å². The van der Waals surface area contributed by atoms with Crippen LogP contribution in [0.4, 0.5) is 5.69 Å². The summed E-state index contributed by atoms with van der Waals surface area (Å²) in [5.74, 6) is -1.78. The van der Waals surface area contributed by atoms with Gasteiger partial charge in [0.15, 0.2) is 10.7 Å². The van der Waals surface area contributed by atoms with Gasteiger partial charge in [-0.15, -0.1) is 0 Å². The number of nitro benzene ring substituents is 1. The summed E-state index contributed by atoms with van der Waals surface area (Å²) in [4.78, 5) is 47.5. The van der Waals surface area contributed by atoms with Crippen molar-refractivity contribution >= 4 is 44.7 Å². The molecule has 1 amide bonds. The molecule has 0 aliphatic carbocycles. The van der Waals surface area contributed by atoms with Crippen molar-refractivity contribution < 1.29 is 19.6 Å². The lowest BCUT2D eigenvalue weighted by molar-refractivity contribution is -0.384. The van der Waals surface area contributed by atoms with Crippen LogP contribution in [0.25, 0.3) is 16.0 Å². The van der Waals surface area contributed by atoms with Gasteiger partial charge in [-0.2, -0.15) is 0 Å². The van der Waals surface area contributed by atoms with Crippen molar-refractivity contribution in [2.45, 2.75) is 26.8 Å². The Bertz CT molecular complexity index is 1620. The van der Waals surface area contributed by atoms with Crippen LogP contribution < -0.4 is 0 Å². The van der Waals surface area contributed by atoms with E-state index in [1.54, 1.807) is 13.0 Å². The summed E-state index contributed by atoms with van der Waals surface area (Å²) in [6.45, 7) is 8.14. The molecule has 0 radical (unpaired) electrons. The predicted octanol–water partition coefficient (Wildman–Crippen LogP) is 4.69. The van der Waals surface area contributed by atoms with Crippen molar-refractivity contribution in [3.05, 3.63) is 86.1 Å². The van der Waals surface area contributed by atoms with Gasteiger partial charge in [0.1, 0.15) is 0 Å². The maximum Gasteiger partial charge on any atom is 0.290 e. The lowest BCUT2D eigenvalue weighted by Gasteiger charge is -2.29. The Morgan fingerprint density at radius 3 is 2.63 bits per heavy atom. The number of aliphatic hydroxyl groups excluding tert-OH is 1. The van der Waals surface area contributed by atoms with E-state index in [0.717, 1.165) is 24.1 Å². The number of thiazole rings is 1. The minimum absolute atomic E-state index is 0.0769. The highest BCUT2D eigenvalue weighted by Gasteiger charge is 2.45. The molecule has 2 aromatic heterocycles. The average Bonchev–Trinajstić information content (AvgIpc) is 3.53. The number of Topliss-reactive ketones (excluding diaryl/α,β-unsaturated/α-hetero) is 1. The van der Waals surface area contributed by atoms with Crippen LogP contribution in [0.2, 0.25) is 0 Å². The summed E-state index contributed by atoms with van der Waals surface area (Å²) in [7, 11) is 0. The summed E-state index contributed by atoms with van der Waals surface area (Å²) in [5, 5.41) is 22.6. The zero-order valence-electron chi connectivity index (χ0n) is 21.2. The lowest BCUT2D eigenvalue weighted by Crippen LogP contribution is -2.38. The monoisotopic (exact) mass is 533 g/mol. The highest BCUT2D eigenvalue weighted by Crippen LogP contribution is 2.41. The average molecular weight is 534 g/mol. The quantitative estimate of drug-likeness (QED) is 0.188. The van der Waals surface area contributed by atoms with Crippen LogP contribution in [0.3, 0.4) is 0 Å². The largest absolute Gasteiger partial charge is 0.503 e. The zero-order valence-corrected chi connectivity index (χ0v) is 22.1. The van der Waals surface area contributed by atoms with Gasteiger partial charge in [0.25, 0.3) is 11.6 Å². The molecule has 0 saturated heterocycles. The van der Waals surface area contributed by atoms with E-state index in [0.29, 0.717) is 27.6 Å². The number of carbonyl (C=O) groups excluding carboxylic acids is 2. The van der Waals surface area contributed by atoms with Crippen molar-refractivity contribution in [3.63, 3.8) is 0 Å². The van der Waals surface area contributed by atoms with E-state index in [2.05, 4.69) is 9.88 Å². The number of rotatable bonds is 9. The summed E-state index contributed by atoms with van der Waals surface area (Å²) in [6.07, 6.45) is 0. The lowest BCUT2D eigenvalue weighted by atomic mass is 9.94. The first-order chi connectivity index (χ1) is 18.3. The second-order valence-electron chi connectivity index (χ2n) is 9.11. The van der Waals surface area contributed by atoms with Gasteiger partial charge in [-0.3, -0.25) is 24.1 Å². The number of likely N-dealkylation sites (N-methyl/N-ethyl adjacent to an activating group) is 1. The number of aromatic nitrogens is 2. The number of fused-ring (bicyclic) bond motifs is 3. The van der Waals surface area contributed by atoms with E-state index in [1.807, 2.05) is 42.5 Å². The molecule has 1 N–H and O–H groups in total. The van der Waals surface area contributed by atoms with Crippen LogP contribution in [-0.2, 0) is 4.79 Å². The Hall–Kier alpha value is -4.09. The minimum atomic E-state index is -0.962. The number of carbonyl (C=O) groups is 2. The zero-order chi connectivity index (χ0) is 27.1. The van der Waals surface area contributed by atoms with Crippen LogP contribution >= 0.6 is 11.3 Å². The summed E-state index contributed by atoms with van der Waals surface area (Å²) in [5.41, 5.74) is 2.46. The third kappa shape index (κ3) is 4.13. The number of nitrogens with zero attached hydrogens (tertiary/aromatic N) is 5. The molecule has 2 aromatic carbocycles. The SMILES string of the molecule is CCN(CC)CCN1C(=O)C(O)=C(C(=O)c2sc3nc4ccccc4n3c2C)C1c1cccc([N+](=O)[O-])c1. The van der Waals surface area contributed by atoms with Crippen molar-refractivity contribution in [2.75, 3.05) is 26.2 Å². The van der Waals surface area contributed by atoms with Gasteiger partial charge in [-0.1, -0.05) is 49.4 Å². The van der Waals surface area contributed by atoms with E-state index >= 15 is 0 Å². The van der Waals surface area contributed by atoms with E-state index in [-0.39, 0.29) is 17.8 Å². The molecule has 0 saturated carbocycles. The fourth-order valence-corrected chi connectivity index (χ4v) is 6.15. The molecule has 1 atom stereocenters. The molecule has 1 aliphatic rings. The smallest absolute Gasteiger partial charge is 0.290 e. The molecule has 38 heavy (non-hydrogen) atoms. The molecule has 4 aromatic rings. The first kappa shape index (κ1) is 25.6. The van der Waals surface area contributed by atoms with Crippen LogP contribution in [0.1, 0.15) is 40.8 Å². The van der Waals surface area contributed by atoms with Gasteiger partial charge >= 0.3 is 0 Å². The predicted molar refractivity (Wildman–Crippen MR) is 145 cm³/mol. The first-order valence-electron chi connectivity index (χ1n) is 12.4. The number of non-ortho nitro benzene ring substituents is 1. The number of imidazole rings is 1. The number of hydrogen-bond acceptors (Lipinski definition) is 8. The van der Waals surface area contributed by atoms with Crippen molar-refractivity contribution in [1.82, 2.24) is 19.2 Å². The Balaban J connectivity index is 1.61. The van der Waals surface area contributed by atoms with E-state index in [4.69, 9.17) is 0 Å². The topological polar surface area (TPSA) is 121 Å². The van der Waals surface area contributed by atoms with Gasteiger partial charge in [0, 0.05) is 30.9 Å². The molecule has 10 nitrogen and oxygen atoms in total. The molecular formula is C27H27N5O5S. The third-order valence-electron chi connectivity index (χ3n) is 7.09. The van der Waals surface area contributed by atoms with Crippen LogP contribution in [0.5, 0.6) is 0 Å². The van der Waals surface area contributed by atoms with Crippen LogP contribution in [-0.4, -0.2) is 67.1 Å². The maximum absolute atomic E-state index is 14.1. The molecule has 5 rings (SSSR count). The molecule has 0 spiro atoms. The Morgan fingerprint density at radius 2 is 1.92 bits per heavy atom. The first-order valence-corrected chi connectivity index (χ1v) is 13.2. The molecule has 3 heterocycles. The fourth-order valence-electron chi connectivity index (χ4n) is 5.06. The minimum Gasteiger partial charge on any atom is -0.503 e. The van der Waals surface area contributed by atoms with E-state index in [9.17, 15) is 24.8 Å². The number of aliphatic hydroxyl groups is 1. The van der Waals surface area contributed by atoms with Gasteiger partial charge in [-0.05, 0) is 37.7 Å². The number of amides is 1. The van der Waals surface area contributed by atoms with Gasteiger partial charge in [0.2, 0.25) is 5.78 Å². The normalized spacial score (nSPS) is 15.9. The number of ketones is 1. The summed E-state index contributed by atoms with van der Waals surface area (Å²) >= 11 is 1.19. The molecule has 11 heteroatoms. The number of hydrogen-bond donors (Lipinski definition) is 1. The highest BCUT2D eigenvalue weighted by molar-refractivity contribution is 7.19. The summed E-state index contributed by atoms with van der Waals surface area (Å²) < 4.78 is 1.89. The molecule has 196 valence electrons. The highest BCUT2D eigenvalue weighted by atomic mass is 32.1. The van der Waals surface area contributed by atoms with Gasteiger partial charge in [0.05, 0.1) is 32.4 Å². The summed E-state index contributed by atoms with van der Waals surface area (Å²) in [6, 6.07) is 12.5. The van der Waals surface area contributed by atoms with Crippen LogP contribution in [0.15, 0.2) is 59.9 Å². The standard InChI is InChI=1S/C27H27N5O5S/c1-4-29(5-2)13-14-30-22(17-9-8-10-18(15-17)32(36)37)21(24(34)26(30)35)23(33)25-16(3)31-20-12-7-6-11-19(20)28-27(31)38-25/h6-12,15,22,34H,4-5,13-14H2,1-3H3. The molecule has 1 aliphatic heterocycles. The van der Waals surface area contributed by atoms with Crippen molar-refractivity contribution in [2.24, 2.45) is 0 Å². The Morgan fingerprint density at radius 1 is 1.18 bits per heavy atom. The van der Waals surface area contributed by atoms with Crippen molar-refractivity contribution in [3.8, 4) is 0 Å². The Kier molecular flexibility index (Phi) is 6.72. The second kappa shape index (κ2) is 9.99. The number of para-hydroxylation sites is 2. The van der Waals surface area contributed by atoms with Gasteiger partial charge < -0.3 is 14.9 Å². The number of nitro groups is 1. The van der Waals surface area contributed by atoms with E-state index < -0.39 is 28.4 Å². The fraction of sp³-hybridized carbons (Fsp3) is 0.296. The second-order valence-corrected chi connectivity index (χ2v) is 10.1. The molecular weight excluding hydrogens is 506 g/mol. The third-order valence-corrected chi connectivity index (χ3v) is 8.23.